The van der Waals surface area contributed by atoms with Gasteiger partial charge in [0.1, 0.15) is 12.1 Å². The topological polar surface area (TPSA) is 78.5 Å². The number of benzene rings is 2. The normalized spacial score (nSPS) is 20.7. The van der Waals surface area contributed by atoms with Crippen molar-refractivity contribution in [1.82, 2.24) is 10.2 Å². The molecule has 1 fully saturated rings. The molecule has 6 heteroatoms. The second-order valence-electron chi connectivity index (χ2n) is 6.94. The number of amides is 4. The van der Waals surface area contributed by atoms with Gasteiger partial charge in [0.05, 0.1) is 0 Å². The first-order chi connectivity index (χ1) is 13.0. The lowest BCUT2D eigenvalue weighted by atomic mass is 9.92. The van der Waals surface area contributed by atoms with Crippen molar-refractivity contribution in [3.8, 4) is 0 Å². The molecule has 4 amide bonds. The lowest BCUT2D eigenvalue weighted by Gasteiger charge is -2.22. The Morgan fingerprint density at radius 1 is 1.15 bits per heavy atom. The van der Waals surface area contributed by atoms with Gasteiger partial charge >= 0.3 is 6.03 Å². The summed E-state index contributed by atoms with van der Waals surface area (Å²) in [5, 5.41) is 5.65. The molecule has 1 aliphatic carbocycles. The van der Waals surface area contributed by atoms with E-state index in [0.29, 0.717) is 12.1 Å². The van der Waals surface area contributed by atoms with Gasteiger partial charge < -0.3 is 10.6 Å². The minimum atomic E-state index is -1.03. The number of hydrogen-bond acceptors (Lipinski definition) is 3. The van der Waals surface area contributed by atoms with Crippen LogP contribution in [0.2, 0.25) is 0 Å². The van der Waals surface area contributed by atoms with E-state index in [1.807, 2.05) is 55.5 Å². The Bertz CT molecular complexity index is 940. The van der Waals surface area contributed by atoms with Gasteiger partial charge in [-0.15, -0.1) is 0 Å². The van der Waals surface area contributed by atoms with Crippen LogP contribution in [0.15, 0.2) is 48.5 Å². The molecule has 1 saturated heterocycles. The third-order valence-corrected chi connectivity index (χ3v) is 5.40. The molecule has 1 heterocycles. The lowest BCUT2D eigenvalue weighted by Crippen LogP contribution is -2.43. The first-order valence-corrected chi connectivity index (χ1v) is 9.15. The van der Waals surface area contributed by atoms with Crippen LogP contribution in [-0.2, 0) is 28.0 Å². The molecule has 0 unspecified atom stereocenters. The van der Waals surface area contributed by atoms with E-state index in [2.05, 4.69) is 10.6 Å². The largest absolute Gasteiger partial charge is 0.325 e. The third-order valence-electron chi connectivity index (χ3n) is 5.40. The zero-order valence-corrected chi connectivity index (χ0v) is 15.1. The van der Waals surface area contributed by atoms with E-state index in [1.165, 1.54) is 0 Å². The van der Waals surface area contributed by atoms with Gasteiger partial charge in [-0.1, -0.05) is 49.4 Å². The summed E-state index contributed by atoms with van der Waals surface area (Å²) in [7, 11) is 0. The third kappa shape index (κ3) is 2.77. The van der Waals surface area contributed by atoms with Gasteiger partial charge in [-0.05, 0) is 42.0 Å². The average molecular weight is 363 g/mol. The fraction of sp³-hybridized carbons (Fsp3) is 0.286. The molecule has 0 radical (unpaired) electrons. The molecule has 0 bridgehead atoms. The number of rotatable bonds is 4. The Hall–Kier alpha value is -3.15. The maximum absolute atomic E-state index is 13.1. The first-order valence-electron chi connectivity index (χ1n) is 9.15. The molecular weight excluding hydrogens is 342 g/mol. The van der Waals surface area contributed by atoms with E-state index in [4.69, 9.17) is 0 Å². The van der Waals surface area contributed by atoms with Gasteiger partial charge in [-0.25, -0.2) is 4.79 Å². The Balaban J connectivity index is 1.53. The quantitative estimate of drug-likeness (QED) is 0.820. The van der Waals surface area contributed by atoms with Crippen LogP contribution in [0.4, 0.5) is 10.5 Å². The second kappa shape index (κ2) is 6.54. The van der Waals surface area contributed by atoms with Crippen molar-refractivity contribution in [2.24, 2.45) is 0 Å². The molecule has 138 valence electrons. The number of fused-ring (bicyclic) bond motifs is 2. The van der Waals surface area contributed by atoms with Crippen LogP contribution in [0.5, 0.6) is 0 Å². The van der Waals surface area contributed by atoms with Crippen LogP contribution in [0.3, 0.4) is 0 Å². The zero-order valence-electron chi connectivity index (χ0n) is 15.1. The molecule has 0 saturated carbocycles. The molecule has 27 heavy (non-hydrogen) atoms. The molecule has 1 spiro atoms. The van der Waals surface area contributed by atoms with Crippen molar-refractivity contribution in [2.75, 3.05) is 11.9 Å². The molecule has 6 nitrogen and oxygen atoms in total. The van der Waals surface area contributed by atoms with E-state index < -0.39 is 11.6 Å². The summed E-state index contributed by atoms with van der Waals surface area (Å²) in [5.74, 6) is -0.737. The molecule has 2 N–H and O–H groups in total. The number of carbonyl (C=O) groups excluding carboxylic acids is 3. The van der Waals surface area contributed by atoms with Crippen molar-refractivity contribution >= 4 is 23.5 Å². The highest BCUT2D eigenvalue weighted by molar-refractivity contribution is 6.11. The van der Waals surface area contributed by atoms with E-state index in [1.54, 1.807) is 0 Å². The van der Waals surface area contributed by atoms with E-state index in [9.17, 15) is 14.4 Å². The van der Waals surface area contributed by atoms with E-state index in [-0.39, 0.29) is 18.4 Å². The minimum Gasteiger partial charge on any atom is -0.324 e. The summed E-state index contributed by atoms with van der Waals surface area (Å²) in [4.78, 5) is 39.1. The van der Waals surface area contributed by atoms with Crippen molar-refractivity contribution in [1.29, 1.82) is 0 Å². The van der Waals surface area contributed by atoms with Gasteiger partial charge in [0.2, 0.25) is 5.91 Å². The van der Waals surface area contributed by atoms with Crippen molar-refractivity contribution in [3.63, 3.8) is 0 Å². The highest BCUT2D eigenvalue weighted by atomic mass is 16.2. The molecular formula is C21H21N3O3. The standard InChI is InChI=1S/C21H21N3O3/c1-2-14-7-4-6-10-17(14)22-18(25)13-24-19(26)21(23-20(24)27)12-11-15-8-3-5-9-16(15)21/h3-10H,2,11-13H2,1H3,(H,22,25)(H,23,27)/t21-/m1/s1. The monoisotopic (exact) mass is 363 g/mol. The summed E-state index contributed by atoms with van der Waals surface area (Å²) >= 11 is 0. The predicted molar refractivity (Wildman–Crippen MR) is 101 cm³/mol. The van der Waals surface area contributed by atoms with Crippen LogP contribution >= 0.6 is 0 Å². The van der Waals surface area contributed by atoms with Crippen molar-refractivity contribution in [3.05, 3.63) is 65.2 Å². The van der Waals surface area contributed by atoms with Gasteiger partial charge in [-0.3, -0.25) is 14.5 Å². The van der Waals surface area contributed by atoms with Crippen LogP contribution in [-0.4, -0.2) is 29.3 Å². The van der Waals surface area contributed by atoms with Crippen molar-refractivity contribution in [2.45, 2.75) is 31.7 Å². The summed E-state index contributed by atoms with van der Waals surface area (Å²) in [6.07, 6.45) is 2.03. The Morgan fingerprint density at radius 2 is 1.89 bits per heavy atom. The number of urea groups is 1. The molecule has 0 aromatic heterocycles. The van der Waals surface area contributed by atoms with Crippen LogP contribution in [0, 0.1) is 0 Å². The predicted octanol–water partition coefficient (Wildman–Crippen LogP) is 2.58. The number of nitrogens with zero attached hydrogens (tertiary/aromatic N) is 1. The Labute approximate surface area is 157 Å². The fourth-order valence-corrected chi connectivity index (χ4v) is 4.02. The van der Waals surface area contributed by atoms with Crippen LogP contribution < -0.4 is 10.6 Å². The van der Waals surface area contributed by atoms with Crippen LogP contribution in [0.1, 0.15) is 30.0 Å². The number of anilines is 1. The number of imide groups is 1. The average Bonchev–Trinajstić information content (AvgIpc) is 3.16. The number of carbonyl (C=O) groups is 3. The number of aryl methyl sites for hydroxylation is 2. The van der Waals surface area contributed by atoms with Gasteiger partial charge in [-0.2, -0.15) is 0 Å². The molecule has 1 aliphatic heterocycles. The van der Waals surface area contributed by atoms with Gasteiger partial charge in [0, 0.05) is 5.69 Å². The Kier molecular flexibility index (Phi) is 4.18. The molecule has 1 atom stereocenters. The summed E-state index contributed by atoms with van der Waals surface area (Å²) < 4.78 is 0. The smallest absolute Gasteiger partial charge is 0.324 e. The fourth-order valence-electron chi connectivity index (χ4n) is 4.02. The first kappa shape index (κ1) is 17.3. The summed E-state index contributed by atoms with van der Waals surface area (Å²) in [6, 6.07) is 14.6. The highest BCUT2D eigenvalue weighted by Crippen LogP contribution is 2.41. The minimum absolute atomic E-state index is 0.299. The maximum atomic E-state index is 13.1. The molecule has 4 rings (SSSR count). The van der Waals surface area contributed by atoms with Crippen LogP contribution in [0.25, 0.3) is 0 Å². The SMILES string of the molecule is CCc1ccccc1NC(=O)CN1C(=O)N[C@@]2(CCc3ccccc32)C1=O. The number of hydrogen-bond donors (Lipinski definition) is 2. The summed E-state index contributed by atoms with van der Waals surface area (Å²) in [5.41, 5.74) is 2.58. The molecule has 2 aromatic rings. The molecule has 2 aliphatic rings. The van der Waals surface area contributed by atoms with Gasteiger partial charge in [0.15, 0.2) is 0 Å². The zero-order chi connectivity index (χ0) is 19.0. The highest BCUT2D eigenvalue weighted by Gasteiger charge is 2.55. The van der Waals surface area contributed by atoms with E-state index >= 15 is 0 Å². The Morgan fingerprint density at radius 3 is 2.70 bits per heavy atom. The number of para-hydroxylation sites is 1. The van der Waals surface area contributed by atoms with Crippen molar-refractivity contribution < 1.29 is 14.4 Å². The summed E-state index contributed by atoms with van der Waals surface area (Å²) in [6.45, 7) is 1.70. The van der Waals surface area contributed by atoms with Gasteiger partial charge in [0.25, 0.3) is 5.91 Å². The number of nitrogens with one attached hydrogen (secondary N) is 2. The lowest BCUT2D eigenvalue weighted by molar-refractivity contribution is -0.134. The van der Waals surface area contributed by atoms with E-state index in [0.717, 1.165) is 34.4 Å². The maximum Gasteiger partial charge on any atom is 0.325 e. The second-order valence-corrected chi connectivity index (χ2v) is 6.94. The molecule has 2 aromatic carbocycles.